The first kappa shape index (κ1) is 17.9. The summed E-state index contributed by atoms with van der Waals surface area (Å²) in [5.41, 5.74) is 4.11. The van der Waals surface area contributed by atoms with E-state index in [9.17, 15) is 14.9 Å². The fraction of sp³-hybridized carbons (Fsp3) is 0.111. The van der Waals surface area contributed by atoms with Gasteiger partial charge in [0.05, 0.1) is 10.6 Å². The van der Waals surface area contributed by atoms with Crippen molar-refractivity contribution < 1.29 is 14.5 Å². The maximum Gasteiger partial charge on any atom is 0.271 e. The van der Waals surface area contributed by atoms with E-state index in [-0.39, 0.29) is 11.6 Å². The molecule has 0 aliphatic carbocycles. The number of hydrogen-bond acceptors (Lipinski definition) is 5. The molecule has 2 rings (SSSR count). The highest BCUT2D eigenvalue weighted by Gasteiger charge is 2.07. The molecule has 0 aliphatic heterocycles. The standard InChI is InChI=1S/C18H17N3O4/c1-3-12-25-17-10-6-15(7-11-17)18(22)20-19-13(2)14-4-8-16(9-5-14)21(23)24/h3-11H,1,12H2,2H3,(H,20,22). The number of carbonyl (C=O) groups is 1. The first-order valence-electron chi connectivity index (χ1n) is 7.44. The van der Waals surface area contributed by atoms with Crippen LogP contribution in [0.5, 0.6) is 5.75 Å². The number of benzene rings is 2. The van der Waals surface area contributed by atoms with Crippen LogP contribution in [-0.2, 0) is 0 Å². The van der Waals surface area contributed by atoms with Crippen molar-refractivity contribution in [3.05, 3.63) is 82.4 Å². The van der Waals surface area contributed by atoms with Crippen molar-refractivity contribution in [1.29, 1.82) is 0 Å². The molecule has 0 aromatic heterocycles. The van der Waals surface area contributed by atoms with Gasteiger partial charge in [0, 0.05) is 17.7 Å². The van der Waals surface area contributed by atoms with Crippen LogP contribution in [-0.4, -0.2) is 23.1 Å². The van der Waals surface area contributed by atoms with E-state index in [0.717, 1.165) is 0 Å². The quantitative estimate of drug-likeness (QED) is 0.362. The van der Waals surface area contributed by atoms with Gasteiger partial charge >= 0.3 is 0 Å². The third kappa shape index (κ3) is 5.00. The smallest absolute Gasteiger partial charge is 0.271 e. The van der Waals surface area contributed by atoms with E-state index >= 15 is 0 Å². The molecule has 0 spiro atoms. The Kier molecular flexibility index (Phi) is 6.00. The van der Waals surface area contributed by atoms with Crippen LogP contribution in [0.3, 0.4) is 0 Å². The van der Waals surface area contributed by atoms with Gasteiger partial charge in [0.15, 0.2) is 0 Å². The van der Waals surface area contributed by atoms with E-state index in [1.165, 1.54) is 12.1 Å². The number of amides is 1. The molecule has 1 amide bonds. The Balaban J connectivity index is 2.00. The second-order valence-electron chi connectivity index (χ2n) is 5.07. The predicted octanol–water partition coefficient (Wildman–Crippen LogP) is 3.31. The van der Waals surface area contributed by atoms with Crippen LogP contribution in [0.15, 0.2) is 66.3 Å². The minimum absolute atomic E-state index is 0.000603. The van der Waals surface area contributed by atoms with Crippen molar-refractivity contribution in [2.45, 2.75) is 6.92 Å². The second-order valence-corrected chi connectivity index (χ2v) is 5.07. The van der Waals surface area contributed by atoms with Crippen molar-refractivity contribution in [2.24, 2.45) is 5.10 Å². The zero-order chi connectivity index (χ0) is 18.2. The minimum Gasteiger partial charge on any atom is -0.490 e. The Morgan fingerprint density at radius 1 is 1.20 bits per heavy atom. The molecule has 2 aromatic carbocycles. The largest absolute Gasteiger partial charge is 0.490 e. The molecule has 0 saturated carbocycles. The Morgan fingerprint density at radius 2 is 1.80 bits per heavy atom. The predicted molar refractivity (Wildman–Crippen MR) is 94.9 cm³/mol. The van der Waals surface area contributed by atoms with Gasteiger partial charge in [-0.2, -0.15) is 5.10 Å². The van der Waals surface area contributed by atoms with Crippen molar-refractivity contribution in [1.82, 2.24) is 5.43 Å². The van der Waals surface area contributed by atoms with Gasteiger partial charge in [0.2, 0.25) is 0 Å². The summed E-state index contributed by atoms with van der Waals surface area (Å²) in [5, 5.41) is 14.7. The van der Waals surface area contributed by atoms with E-state index in [4.69, 9.17) is 4.74 Å². The summed E-state index contributed by atoms with van der Waals surface area (Å²) in [4.78, 5) is 22.3. The summed E-state index contributed by atoms with van der Waals surface area (Å²) in [6, 6.07) is 12.6. The molecule has 2 aromatic rings. The van der Waals surface area contributed by atoms with Crippen LogP contribution in [0, 0.1) is 10.1 Å². The van der Waals surface area contributed by atoms with Gasteiger partial charge in [-0.25, -0.2) is 5.43 Å². The van der Waals surface area contributed by atoms with Gasteiger partial charge in [-0.1, -0.05) is 12.7 Å². The normalized spacial score (nSPS) is 10.8. The molecule has 128 valence electrons. The number of rotatable bonds is 7. The number of nitro benzene ring substituents is 1. The monoisotopic (exact) mass is 339 g/mol. The van der Waals surface area contributed by atoms with Crippen molar-refractivity contribution in [3.63, 3.8) is 0 Å². The summed E-state index contributed by atoms with van der Waals surface area (Å²) in [6.45, 7) is 5.66. The number of ether oxygens (including phenoxy) is 1. The molecule has 0 bridgehead atoms. The number of hydrogen-bond donors (Lipinski definition) is 1. The van der Waals surface area contributed by atoms with Gasteiger partial charge in [-0.15, -0.1) is 0 Å². The Hall–Kier alpha value is -3.48. The maximum atomic E-state index is 12.1. The summed E-state index contributed by atoms with van der Waals surface area (Å²) < 4.78 is 5.35. The van der Waals surface area contributed by atoms with E-state index in [1.54, 1.807) is 49.4 Å². The molecule has 7 nitrogen and oxygen atoms in total. The van der Waals surface area contributed by atoms with Gasteiger partial charge in [-0.05, 0) is 48.9 Å². The lowest BCUT2D eigenvalue weighted by Crippen LogP contribution is -2.19. The summed E-state index contributed by atoms with van der Waals surface area (Å²) in [5.74, 6) is 0.276. The van der Waals surface area contributed by atoms with Crippen LogP contribution in [0.1, 0.15) is 22.8 Å². The summed E-state index contributed by atoms with van der Waals surface area (Å²) in [6.07, 6.45) is 1.64. The lowest BCUT2D eigenvalue weighted by molar-refractivity contribution is -0.384. The van der Waals surface area contributed by atoms with Crippen molar-refractivity contribution in [3.8, 4) is 5.75 Å². The molecule has 0 saturated heterocycles. The summed E-state index contributed by atoms with van der Waals surface area (Å²) in [7, 11) is 0. The van der Waals surface area contributed by atoms with E-state index in [0.29, 0.717) is 29.2 Å². The van der Waals surface area contributed by atoms with Crippen LogP contribution >= 0.6 is 0 Å². The second kappa shape index (κ2) is 8.39. The fourth-order valence-corrected chi connectivity index (χ4v) is 1.95. The highest BCUT2D eigenvalue weighted by Crippen LogP contribution is 2.13. The lowest BCUT2D eigenvalue weighted by Gasteiger charge is -2.05. The highest BCUT2D eigenvalue weighted by molar-refractivity contribution is 6.01. The fourth-order valence-electron chi connectivity index (χ4n) is 1.95. The zero-order valence-electron chi connectivity index (χ0n) is 13.6. The molecule has 25 heavy (non-hydrogen) atoms. The number of nitrogens with one attached hydrogen (secondary N) is 1. The maximum absolute atomic E-state index is 12.1. The average Bonchev–Trinajstić information content (AvgIpc) is 2.64. The first-order valence-corrected chi connectivity index (χ1v) is 7.44. The zero-order valence-corrected chi connectivity index (χ0v) is 13.6. The summed E-state index contributed by atoms with van der Waals surface area (Å²) >= 11 is 0. The number of nitrogens with zero attached hydrogens (tertiary/aromatic N) is 2. The number of hydrazone groups is 1. The van der Waals surface area contributed by atoms with Crippen LogP contribution in [0.2, 0.25) is 0 Å². The van der Waals surface area contributed by atoms with Gasteiger partial charge in [-0.3, -0.25) is 14.9 Å². The van der Waals surface area contributed by atoms with Gasteiger partial charge in [0.1, 0.15) is 12.4 Å². The molecule has 7 heteroatoms. The number of carbonyl (C=O) groups excluding carboxylic acids is 1. The Morgan fingerprint density at radius 3 is 2.36 bits per heavy atom. The molecule has 0 radical (unpaired) electrons. The minimum atomic E-state index is -0.472. The molecule has 0 atom stereocenters. The average molecular weight is 339 g/mol. The SMILES string of the molecule is C=CCOc1ccc(C(=O)NN=C(C)c2ccc([N+](=O)[O-])cc2)cc1. The highest BCUT2D eigenvalue weighted by atomic mass is 16.6. The molecular weight excluding hydrogens is 322 g/mol. The van der Waals surface area contributed by atoms with Gasteiger partial charge < -0.3 is 4.74 Å². The molecule has 0 unspecified atom stereocenters. The molecule has 0 aliphatic rings. The molecule has 1 N–H and O–H groups in total. The van der Waals surface area contributed by atoms with E-state index < -0.39 is 4.92 Å². The Bertz CT molecular complexity index is 796. The lowest BCUT2D eigenvalue weighted by atomic mass is 10.1. The first-order chi connectivity index (χ1) is 12.0. The van der Waals surface area contributed by atoms with Crippen molar-refractivity contribution >= 4 is 17.3 Å². The van der Waals surface area contributed by atoms with Crippen LogP contribution in [0.25, 0.3) is 0 Å². The third-order valence-corrected chi connectivity index (χ3v) is 3.31. The molecule has 0 fully saturated rings. The number of nitro groups is 1. The number of non-ortho nitro benzene ring substituents is 1. The third-order valence-electron chi connectivity index (χ3n) is 3.31. The van der Waals surface area contributed by atoms with Crippen LogP contribution < -0.4 is 10.2 Å². The molecule has 0 heterocycles. The molecular formula is C18H17N3O4. The Labute approximate surface area is 144 Å². The van der Waals surface area contributed by atoms with E-state index in [2.05, 4.69) is 17.1 Å². The van der Waals surface area contributed by atoms with Crippen LogP contribution in [0.4, 0.5) is 5.69 Å². The topological polar surface area (TPSA) is 93.8 Å². The van der Waals surface area contributed by atoms with Crippen molar-refractivity contribution in [2.75, 3.05) is 6.61 Å². The van der Waals surface area contributed by atoms with Gasteiger partial charge in [0.25, 0.3) is 11.6 Å². The van der Waals surface area contributed by atoms with E-state index in [1.807, 2.05) is 0 Å².